The molecule has 2 aromatic carbocycles. The molecule has 0 aliphatic carbocycles. The normalized spacial score (nSPS) is 18.2. The van der Waals surface area contributed by atoms with Crippen LogP contribution in [-0.4, -0.2) is 50.6 Å². The SMILES string of the molecule is COc1ccc(OC)c([C@H]2CN(C(=O)c3ccccc3C)C[C@@H]2C(=O)NCC(C)C)c1. The summed E-state index contributed by atoms with van der Waals surface area (Å²) in [4.78, 5) is 28.2. The molecule has 1 heterocycles. The van der Waals surface area contributed by atoms with Crippen LogP contribution in [0.3, 0.4) is 0 Å². The van der Waals surface area contributed by atoms with Crippen molar-refractivity contribution in [3.8, 4) is 11.5 Å². The molecule has 6 heteroatoms. The molecule has 1 fully saturated rings. The monoisotopic (exact) mass is 424 g/mol. The van der Waals surface area contributed by atoms with E-state index in [-0.39, 0.29) is 23.7 Å². The van der Waals surface area contributed by atoms with E-state index in [0.29, 0.717) is 42.6 Å². The Morgan fingerprint density at radius 2 is 1.84 bits per heavy atom. The molecule has 0 bridgehead atoms. The summed E-state index contributed by atoms with van der Waals surface area (Å²) in [6.45, 7) is 7.46. The molecule has 166 valence electrons. The van der Waals surface area contributed by atoms with Crippen LogP contribution in [0.15, 0.2) is 42.5 Å². The zero-order valence-corrected chi connectivity index (χ0v) is 19.0. The van der Waals surface area contributed by atoms with Gasteiger partial charge in [-0.1, -0.05) is 32.0 Å². The van der Waals surface area contributed by atoms with Gasteiger partial charge in [-0.15, -0.1) is 0 Å². The lowest BCUT2D eigenvalue weighted by molar-refractivity contribution is -0.125. The summed E-state index contributed by atoms with van der Waals surface area (Å²) in [5.74, 6) is 1.09. The van der Waals surface area contributed by atoms with Gasteiger partial charge in [0.05, 0.1) is 20.1 Å². The van der Waals surface area contributed by atoms with Gasteiger partial charge in [0.15, 0.2) is 0 Å². The van der Waals surface area contributed by atoms with E-state index in [2.05, 4.69) is 19.2 Å². The minimum absolute atomic E-state index is 0.0383. The van der Waals surface area contributed by atoms with E-state index in [1.165, 1.54) is 0 Å². The van der Waals surface area contributed by atoms with E-state index < -0.39 is 0 Å². The molecule has 0 saturated carbocycles. The molecule has 2 aromatic rings. The second-order valence-corrected chi connectivity index (χ2v) is 8.48. The largest absolute Gasteiger partial charge is 0.497 e. The molecular formula is C25H32N2O4. The lowest BCUT2D eigenvalue weighted by Crippen LogP contribution is -2.37. The Kier molecular flexibility index (Phi) is 7.21. The molecule has 3 rings (SSSR count). The van der Waals surface area contributed by atoms with Crippen LogP contribution in [0.4, 0.5) is 0 Å². The predicted octanol–water partition coefficient (Wildman–Crippen LogP) is 3.64. The first-order chi connectivity index (χ1) is 14.8. The minimum atomic E-state index is -0.368. The van der Waals surface area contributed by atoms with Crippen LogP contribution in [0.25, 0.3) is 0 Å². The number of hydrogen-bond donors (Lipinski definition) is 1. The van der Waals surface area contributed by atoms with E-state index in [1.807, 2.05) is 49.4 Å². The number of likely N-dealkylation sites (tertiary alicyclic amines) is 1. The summed E-state index contributed by atoms with van der Waals surface area (Å²) in [5, 5.41) is 3.05. The smallest absolute Gasteiger partial charge is 0.254 e. The molecular weight excluding hydrogens is 392 g/mol. The van der Waals surface area contributed by atoms with Gasteiger partial charge in [-0.2, -0.15) is 0 Å². The maximum Gasteiger partial charge on any atom is 0.254 e. The highest BCUT2D eigenvalue weighted by molar-refractivity contribution is 5.96. The lowest BCUT2D eigenvalue weighted by Gasteiger charge is -2.21. The maximum absolute atomic E-state index is 13.3. The van der Waals surface area contributed by atoms with Gasteiger partial charge in [-0.25, -0.2) is 0 Å². The van der Waals surface area contributed by atoms with Crippen molar-refractivity contribution in [3.05, 3.63) is 59.2 Å². The Bertz CT molecular complexity index is 941. The molecule has 0 radical (unpaired) electrons. The Labute approximate surface area is 184 Å². The van der Waals surface area contributed by atoms with E-state index >= 15 is 0 Å². The Balaban J connectivity index is 1.95. The molecule has 2 amide bonds. The molecule has 31 heavy (non-hydrogen) atoms. The van der Waals surface area contributed by atoms with Gasteiger partial charge in [0.2, 0.25) is 5.91 Å². The summed E-state index contributed by atoms with van der Waals surface area (Å²) >= 11 is 0. The van der Waals surface area contributed by atoms with Crippen LogP contribution in [0.5, 0.6) is 11.5 Å². The fourth-order valence-corrected chi connectivity index (χ4v) is 4.10. The number of methoxy groups -OCH3 is 2. The van der Waals surface area contributed by atoms with E-state index in [4.69, 9.17) is 9.47 Å². The van der Waals surface area contributed by atoms with Crippen molar-refractivity contribution >= 4 is 11.8 Å². The average Bonchev–Trinajstić information content (AvgIpc) is 3.22. The minimum Gasteiger partial charge on any atom is -0.497 e. The molecule has 0 aromatic heterocycles. The molecule has 0 unspecified atom stereocenters. The molecule has 6 nitrogen and oxygen atoms in total. The second-order valence-electron chi connectivity index (χ2n) is 8.48. The number of carbonyl (C=O) groups excluding carboxylic acids is 2. The number of carbonyl (C=O) groups is 2. The van der Waals surface area contributed by atoms with Crippen LogP contribution in [-0.2, 0) is 4.79 Å². The zero-order chi connectivity index (χ0) is 22.5. The lowest BCUT2D eigenvalue weighted by atomic mass is 9.87. The van der Waals surface area contributed by atoms with Gasteiger partial charge in [0, 0.05) is 36.7 Å². The van der Waals surface area contributed by atoms with E-state index in [0.717, 1.165) is 11.1 Å². The van der Waals surface area contributed by atoms with Crippen molar-refractivity contribution in [2.45, 2.75) is 26.7 Å². The van der Waals surface area contributed by atoms with Crippen LogP contribution in [0, 0.1) is 18.8 Å². The third-order valence-corrected chi connectivity index (χ3v) is 5.84. The standard InChI is InChI=1S/C25H32N2O4/c1-16(2)13-26-24(28)22-15-27(25(29)19-9-7-6-8-17(19)3)14-21(22)20-12-18(30-4)10-11-23(20)31-5/h6-12,16,21-22H,13-15H2,1-5H3,(H,26,28)/t21-,22+/m1/s1. The van der Waals surface area contributed by atoms with E-state index in [1.54, 1.807) is 19.1 Å². The third kappa shape index (κ3) is 5.01. The predicted molar refractivity (Wildman–Crippen MR) is 121 cm³/mol. The number of rotatable bonds is 7. The third-order valence-electron chi connectivity index (χ3n) is 5.84. The number of hydrogen-bond acceptors (Lipinski definition) is 4. The molecule has 1 N–H and O–H groups in total. The summed E-state index contributed by atoms with van der Waals surface area (Å²) in [6, 6.07) is 13.1. The van der Waals surface area contributed by atoms with Crippen molar-refractivity contribution in [3.63, 3.8) is 0 Å². The quantitative estimate of drug-likeness (QED) is 0.737. The summed E-state index contributed by atoms with van der Waals surface area (Å²) in [7, 11) is 3.23. The van der Waals surface area contributed by atoms with Gasteiger partial charge in [-0.05, 0) is 42.7 Å². The summed E-state index contributed by atoms with van der Waals surface area (Å²) < 4.78 is 11.0. The number of nitrogens with zero attached hydrogens (tertiary/aromatic N) is 1. The first kappa shape index (κ1) is 22.7. The molecule has 1 aliphatic rings. The highest BCUT2D eigenvalue weighted by atomic mass is 16.5. The zero-order valence-electron chi connectivity index (χ0n) is 19.0. The molecule has 1 saturated heterocycles. The maximum atomic E-state index is 13.3. The van der Waals surface area contributed by atoms with Gasteiger partial charge in [0.25, 0.3) is 5.91 Å². The number of nitrogens with one attached hydrogen (secondary N) is 1. The summed E-state index contributed by atoms with van der Waals surface area (Å²) in [6.07, 6.45) is 0. The first-order valence-electron chi connectivity index (χ1n) is 10.7. The Hall–Kier alpha value is -3.02. The van der Waals surface area contributed by atoms with Gasteiger partial charge >= 0.3 is 0 Å². The van der Waals surface area contributed by atoms with Crippen molar-refractivity contribution in [1.29, 1.82) is 0 Å². The number of amides is 2. The van der Waals surface area contributed by atoms with Crippen molar-refractivity contribution < 1.29 is 19.1 Å². The number of ether oxygens (including phenoxy) is 2. The average molecular weight is 425 g/mol. The topological polar surface area (TPSA) is 67.9 Å². The fourth-order valence-electron chi connectivity index (χ4n) is 4.10. The van der Waals surface area contributed by atoms with Crippen molar-refractivity contribution in [1.82, 2.24) is 10.2 Å². The van der Waals surface area contributed by atoms with E-state index in [9.17, 15) is 9.59 Å². The van der Waals surface area contributed by atoms with Crippen LogP contribution >= 0.6 is 0 Å². The van der Waals surface area contributed by atoms with Gasteiger partial charge < -0.3 is 19.7 Å². The first-order valence-corrected chi connectivity index (χ1v) is 10.7. The highest BCUT2D eigenvalue weighted by Gasteiger charge is 2.42. The molecule has 2 atom stereocenters. The second kappa shape index (κ2) is 9.86. The number of benzene rings is 2. The van der Waals surface area contributed by atoms with Crippen molar-refractivity contribution in [2.24, 2.45) is 11.8 Å². The van der Waals surface area contributed by atoms with Crippen LogP contribution < -0.4 is 14.8 Å². The van der Waals surface area contributed by atoms with Gasteiger partial charge in [0.1, 0.15) is 11.5 Å². The van der Waals surface area contributed by atoms with Gasteiger partial charge in [-0.3, -0.25) is 9.59 Å². The van der Waals surface area contributed by atoms with Crippen LogP contribution in [0.1, 0.15) is 41.3 Å². The molecule has 0 spiro atoms. The Morgan fingerprint density at radius 3 is 2.48 bits per heavy atom. The summed E-state index contributed by atoms with van der Waals surface area (Å²) in [5.41, 5.74) is 2.48. The van der Waals surface area contributed by atoms with Crippen LogP contribution in [0.2, 0.25) is 0 Å². The highest BCUT2D eigenvalue weighted by Crippen LogP contribution is 2.40. The Morgan fingerprint density at radius 1 is 1.10 bits per heavy atom. The number of aryl methyl sites for hydroxylation is 1. The molecule has 1 aliphatic heterocycles. The fraction of sp³-hybridized carbons (Fsp3) is 0.440. The van der Waals surface area contributed by atoms with Crippen molar-refractivity contribution in [2.75, 3.05) is 33.9 Å².